The topological polar surface area (TPSA) is 17.8 Å². The normalized spacial score (nSPS) is 13.2. The van der Waals surface area contributed by atoms with Gasteiger partial charge in [-0.2, -0.15) is 0 Å². The van der Waals surface area contributed by atoms with E-state index >= 15 is 0 Å². The van der Waals surface area contributed by atoms with Gasteiger partial charge in [-0.15, -0.1) is 0 Å². The molecule has 1 aromatic carbocycles. The first-order chi connectivity index (χ1) is 7.61. The van der Waals surface area contributed by atoms with Crippen molar-refractivity contribution in [3.63, 3.8) is 0 Å². The van der Waals surface area contributed by atoms with Crippen LogP contribution in [0.1, 0.15) is 24.7 Å². The number of imidazole rings is 1. The van der Waals surface area contributed by atoms with Gasteiger partial charge in [-0.25, -0.2) is 4.98 Å². The van der Waals surface area contributed by atoms with E-state index in [2.05, 4.69) is 57.7 Å². The predicted octanol–water partition coefficient (Wildman–Crippen LogP) is 3.60. The Hall–Kier alpha value is -0.830. The van der Waals surface area contributed by atoms with Crippen molar-refractivity contribution in [2.75, 3.05) is 0 Å². The number of nitrogens with zero attached hydrogens (tertiary/aromatic N) is 2. The molecule has 0 bridgehead atoms. The third-order valence-electron chi connectivity index (χ3n) is 3.07. The van der Waals surface area contributed by atoms with Crippen molar-refractivity contribution in [1.82, 2.24) is 9.55 Å². The average Bonchev–Trinajstić information content (AvgIpc) is 2.54. The van der Waals surface area contributed by atoms with Crippen LogP contribution in [-0.2, 0) is 13.5 Å². The molecule has 0 spiro atoms. The Kier molecular flexibility index (Phi) is 3.33. The minimum absolute atomic E-state index is 0.565. The third kappa shape index (κ3) is 2.14. The number of hydrogen-bond donors (Lipinski definition) is 0. The van der Waals surface area contributed by atoms with E-state index in [4.69, 9.17) is 0 Å². The maximum atomic E-state index is 4.55. The molecule has 0 amide bonds. The van der Waals surface area contributed by atoms with Crippen LogP contribution in [-0.4, -0.2) is 14.4 Å². The molecule has 2 rings (SSSR count). The molecule has 0 saturated heterocycles. The van der Waals surface area contributed by atoms with Crippen LogP contribution in [0.25, 0.3) is 11.0 Å². The Morgan fingerprint density at radius 3 is 2.88 bits per heavy atom. The summed E-state index contributed by atoms with van der Waals surface area (Å²) in [6, 6.07) is 6.57. The van der Waals surface area contributed by atoms with E-state index in [1.807, 2.05) is 6.92 Å². The number of alkyl halides is 1. The fourth-order valence-electron chi connectivity index (χ4n) is 1.89. The molecule has 0 fully saturated rings. The van der Waals surface area contributed by atoms with Crippen LogP contribution in [0.4, 0.5) is 0 Å². The zero-order chi connectivity index (χ0) is 11.7. The van der Waals surface area contributed by atoms with Crippen molar-refractivity contribution in [1.29, 1.82) is 0 Å². The van der Waals surface area contributed by atoms with Crippen LogP contribution >= 0.6 is 15.9 Å². The summed E-state index contributed by atoms with van der Waals surface area (Å²) < 4.78 is 2.13. The molecule has 1 atom stereocenters. The highest BCUT2D eigenvalue weighted by Gasteiger charge is 2.07. The maximum absolute atomic E-state index is 4.55. The molecular formula is C13H17BrN2. The van der Waals surface area contributed by atoms with Crippen molar-refractivity contribution in [2.24, 2.45) is 7.05 Å². The highest BCUT2D eigenvalue weighted by molar-refractivity contribution is 9.09. The highest BCUT2D eigenvalue weighted by Crippen LogP contribution is 2.19. The summed E-state index contributed by atoms with van der Waals surface area (Å²) in [5.41, 5.74) is 3.67. The van der Waals surface area contributed by atoms with Gasteiger partial charge in [0.05, 0.1) is 11.0 Å². The van der Waals surface area contributed by atoms with Gasteiger partial charge in [0.2, 0.25) is 0 Å². The molecule has 16 heavy (non-hydrogen) atoms. The fourth-order valence-corrected chi connectivity index (χ4v) is 2.27. The van der Waals surface area contributed by atoms with Gasteiger partial charge in [-0.3, -0.25) is 0 Å². The second-order valence-corrected chi connectivity index (χ2v) is 5.55. The van der Waals surface area contributed by atoms with Crippen molar-refractivity contribution in [3.8, 4) is 0 Å². The molecule has 2 nitrogen and oxygen atoms in total. The molecule has 86 valence electrons. The summed E-state index contributed by atoms with van der Waals surface area (Å²) in [5, 5.41) is 0. The first-order valence-corrected chi connectivity index (χ1v) is 6.59. The van der Waals surface area contributed by atoms with Crippen molar-refractivity contribution in [3.05, 3.63) is 29.6 Å². The molecule has 0 aliphatic carbocycles. The number of hydrogen-bond acceptors (Lipinski definition) is 1. The van der Waals surface area contributed by atoms with Gasteiger partial charge >= 0.3 is 0 Å². The van der Waals surface area contributed by atoms with E-state index in [1.165, 1.54) is 11.1 Å². The lowest BCUT2D eigenvalue weighted by atomic mass is 10.1. The average molecular weight is 281 g/mol. The van der Waals surface area contributed by atoms with E-state index in [-0.39, 0.29) is 0 Å². The molecule has 3 heteroatoms. The maximum Gasteiger partial charge on any atom is 0.106 e. The summed E-state index contributed by atoms with van der Waals surface area (Å²) in [5.74, 6) is 1.07. The second kappa shape index (κ2) is 4.58. The molecule has 0 radical (unpaired) electrons. The lowest BCUT2D eigenvalue weighted by Crippen LogP contribution is -2.00. The minimum atomic E-state index is 0.565. The van der Waals surface area contributed by atoms with E-state index < -0.39 is 0 Å². The van der Waals surface area contributed by atoms with Crippen LogP contribution in [0.15, 0.2) is 18.2 Å². The first-order valence-electron chi connectivity index (χ1n) is 5.68. The lowest BCUT2D eigenvalue weighted by molar-refractivity contribution is 0.830. The summed E-state index contributed by atoms with van der Waals surface area (Å²) >= 11 is 3.67. The molecule has 2 aromatic rings. The zero-order valence-corrected chi connectivity index (χ0v) is 11.6. The zero-order valence-electron chi connectivity index (χ0n) is 10.00. The van der Waals surface area contributed by atoms with Crippen LogP contribution in [0, 0.1) is 6.92 Å². The smallest absolute Gasteiger partial charge is 0.106 e. The molecule has 0 aliphatic heterocycles. The first kappa shape index (κ1) is 11.6. The summed E-state index contributed by atoms with van der Waals surface area (Å²) in [6.07, 6.45) is 2.22. The Morgan fingerprint density at radius 2 is 2.19 bits per heavy atom. The van der Waals surface area contributed by atoms with Crippen molar-refractivity contribution in [2.45, 2.75) is 31.5 Å². The van der Waals surface area contributed by atoms with Crippen LogP contribution in [0.3, 0.4) is 0 Å². The molecule has 1 heterocycles. The number of rotatable bonds is 3. The third-order valence-corrected chi connectivity index (χ3v) is 4.04. The number of aryl methyl sites for hydroxylation is 2. The second-order valence-electron chi connectivity index (χ2n) is 4.25. The highest BCUT2D eigenvalue weighted by atomic mass is 79.9. The molecule has 0 N–H and O–H groups in total. The Morgan fingerprint density at radius 1 is 1.44 bits per heavy atom. The number of benzene rings is 1. The Balaban J connectivity index is 2.37. The van der Waals surface area contributed by atoms with Gasteiger partial charge in [-0.1, -0.05) is 28.9 Å². The van der Waals surface area contributed by atoms with Crippen molar-refractivity contribution < 1.29 is 0 Å². The van der Waals surface area contributed by atoms with Crippen LogP contribution in [0.2, 0.25) is 0 Å². The van der Waals surface area contributed by atoms with Crippen LogP contribution < -0.4 is 0 Å². The molecule has 0 aliphatic rings. The van der Waals surface area contributed by atoms with E-state index in [0.717, 1.165) is 24.2 Å². The SMILES string of the molecule is CCC(Br)Cc1ccc2c(c1)nc(C)n2C. The molecule has 0 saturated carbocycles. The van der Waals surface area contributed by atoms with Crippen LogP contribution in [0.5, 0.6) is 0 Å². The van der Waals surface area contributed by atoms with Crippen molar-refractivity contribution >= 4 is 27.0 Å². The predicted molar refractivity (Wildman–Crippen MR) is 72.2 cm³/mol. The molecule has 1 unspecified atom stereocenters. The lowest BCUT2D eigenvalue weighted by Gasteiger charge is -2.06. The Bertz CT molecular complexity index is 502. The number of halogens is 1. The van der Waals surface area contributed by atoms with E-state index in [0.29, 0.717) is 4.83 Å². The quantitative estimate of drug-likeness (QED) is 0.786. The summed E-state index contributed by atoms with van der Waals surface area (Å²) in [6.45, 7) is 4.24. The standard InChI is InChI=1S/C13H17BrN2/c1-4-11(14)7-10-5-6-13-12(8-10)15-9(2)16(13)3/h5-6,8,11H,4,7H2,1-3H3. The van der Waals surface area contributed by atoms with Gasteiger partial charge in [-0.05, 0) is 37.5 Å². The fraction of sp³-hybridized carbons (Fsp3) is 0.462. The summed E-state index contributed by atoms with van der Waals surface area (Å²) in [7, 11) is 2.06. The van der Waals surface area contributed by atoms with Gasteiger partial charge in [0.1, 0.15) is 5.82 Å². The largest absolute Gasteiger partial charge is 0.331 e. The minimum Gasteiger partial charge on any atom is -0.331 e. The van der Waals surface area contributed by atoms with E-state index in [1.54, 1.807) is 0 Å². The van der Waals surface area contributed by atoms with Gasteiger partial charge in [0, 0.05) is 11.9 Å². The van der Waals surface area contributed by atoms with Gasteiger partial charge in [0.15, 0.2) is 0 Å². The Labute approximate surface area is 105 Å². The van der Waals surface area contributed by atoms with Gasteiger partial charge < -0.3 is 4.57 Å². The number of fused-ring (bicyclic) bond motifs is 1. The van der Waals surface area contributed by atoms with E-state index in [9.17, 15) is 0 Å². The monoisotopic (exact) mass is 280 g/mol. The van der Waals surface area contributed by atoms with Gasteiger partial charge in [0.25, 0.3) is 0 Å². The molecule has 1 aromatic heterocycles. The molecular weight excluding hydrogens is 264 g/mol. The summed E-state index contributed by atoms with van der Waals surface area (Å²) in [4.78, 5) is 5.12. The number of aromatic nitrogens is 2.